The molecule has 2 aromatic rings. The average Bonchev–Trinajstić information content (AvgIpc) is 2.70. The average molecular weight is 239 g/mol. The first kappa shape index (κ1) is 11.5. The molecule has 0 bridgehead atoms. The highest BCUT2D eigenvalue weighted by Gasteiger charge is 2.09. The van der Waals surface area contributed by atoms with E-state index in [9.17, 15) is 13.6 Å². The number of rotatable bonds is 3. The Bertz CT molecular complexity index is 551. The van der Waals surface area contributed by atoms with Gasteiger partial charge in [-0.15, -0.1) is 0 Å². The van der Waals surface area contributed by atoms with E-state index in [0.717, 1.165) is 5.39 Å². The number of hydrogen-bond acceptors (Lipinski definition) is 2. The topological polar surface area (TPSA) is 60.0 Å². The fourth-order valence-electron chi connectivity index (χ4n) is 1.73. The first-order valence-corrected chi connectivity index (χ1v) is 5.00. The molecule has 0 atom stereocenters. The number of alkyl halides is 2. The third-order valence-corrected chi connectivity index (χ3v) is 2.50. The third-order valence-electron chi connectivity index (χ3n) is 2.50. The van der Waals surface area contributed by atoms with Crippen LogP contribution in [-0.2, 0) is 6.54 Å². The fourth-order valence-corrected chi connectivity index (χ4v) is 1.73. The Hall–Kier alpha value is -1.95. The molecule has 1 aromatic heterocycles. The molecule has 3 N–H and O–H groups in total. The highest BCUT2D eigenvalue weighted by Crippen LogP contribution is 2.18. The van der Waals surface area contributed by atoms with Gasteiger partial charge in [0.05, 0.1) is 6.54 Å². The normalized spacial score (nSPS) is 11.1. The van der Waals surface area contributed by atoms with Gasteiger partial charge in [0.25, 0.3) is 12.3 Å². The summed E-state index contributed by atoms with van der Waals surface area (Å²) >= 11 is 0. The number of fused-ring (bicyclic) bond motifs is 1. The summed E-state index contributed by atoms with van der Waals surface area (Å²) in [5, 5.41) is 0.728. The molecule has 0 aliphatic heterocycles. The summed E-state index contributed by atoms with van der Waals surface area (Å²) in [7, 11) is 0. The lowest BCUT2D eigenvalue weighted by Gasteiger charge is -2.05. The summed E-state index contributed by atoms with van der Waals surface area (Å²) in [6.45, 7) is -0.355. The molecule has 6 heteroatoms. The summed E-state index contributed by atoms with van der Waals surface area (Å²) in [5.74, 6) is 4.61. The van der Waals surface area contributed by atoms with Crippen LogP contribution in [0.15, 0.2) is 30.5 Å². The standard InChI is InChI=1S/C11H11F2N3O/c12-10(13)6-16-4-3-7-5-8(11(17)15-14)1-2-9(7)16/h1-5,10H,6,14H2,(H,15,17). The molecule has 0 fully saturated rings. The zero-order valence-electron chi connectivity index (χ0n) is 8.86. The third kappa shape index (κ3) is 2.26. The highest BCUT2D eigenvalue weighted by atomic mass is 19.3. The van der Waals surface area contributed by atoms with Gasteiger partial charge in [0.2, 0.25) is 0 Å². The predicted octanol–water partition coefficient (Wildman–Crippen LogP) is 1.51. The summed E-state index contributed by atoms with van der Waals surface area (Å²) in [4.78, 5) is 11.3. The molecular formula is C11H11F2N3O. The van der Waals surface area contributed by atoms with Crippen molar-refractivity contribution in [3.8, 4) is 0 Å². The number of aromatic nitrogens is 1. The Labute approximate surface area is 96.0 Å². The van der Waals surface area contributed by atoms with Crippen LogP contribution in [0.4, 0.5) is 8.78 Å². The van der Waals surface area contributed by atoms with Gasteiger partial charge in [-0.3, -0.25) is 10.2 Å². The Morgan fingerprint density at radius 1 is 1.41 bits per heavy atom. The van der Waals surface area contributed by atoms with Gasteiger partial charge in [-0.1, -0.05) is 0 Å². The number of nitrogen functional groups attached to an aromatic ring is 1. The van der Waals surface area contributed by atoms with Crippen molar-refractivity contribution in [1.82, 2.24) is 9.99 Å². The largest absolute Gasteiger partial charge is 0.342 e. The minimum Gasteiger partial charge on any atom is -0.342 e. The van der Waals surface area contributed by atoms with E-state index in [2.05, 4.69) is 0 Å². The number of nitrogens with one attached hydrogen (secondary N) is 1. The van der Waals surface area contributed by atoms with Crippen LogP contribution in [0.1, 0.15) is 10.4 Å². The maximum Gasteiger partial charge on any atom is 0.265 e. The van der Waals surface area contributed by atoms with Crippen LogP contribution in [0.5, 0.6) is 0 Å². The molecule has 0 unspecified atom stereocenters. The summed E-state index contributed by atoms with van der Waals surface area (Å²) in [5.41, 5.74) is 3.08. The van der Waals surface area contributed by atoms with E-state index in [1.54, 1.807) is 30.5 Å². The van der Waals surface area contributed by atoms with Crippen LogP contribution in [0.2, 0.25) is 0 Å². The number of carbonyl (C=O) groups is 1. The van der Waals surface area contributed by atoms with Gasteiger partial charge in [-0.05, 0) is 24.3 Å². The molecule has 0 radical (unpaired) electrons. The molecule has 0 aliphatic rings. The van der Waals surface area contributed by atoms with Crippen molar-refractivity contribution in [2.75, 3.05) is 0 Å². The maximum atomic E-state index is 12.3. The van der Waals surface area contributed by atoms with Crippen molar-refractivity contribution < 1.29 is 13.6 Å². The molecule has 4 nitrogen and oxygen atoms in total. The minimum absolute atomic E-state index is 0.355. The lowest BCUT2D eigenvalue weighted by molar-refractivity contribution is 0.0953. The molecule has 1 heterocycles. The van der Waals surface area contributed by atoms with Crippen LogP contribution in [-0.4, -0.2) is 16.9 Å². The Kier molecular flexibility index (Phi) is 3.06. The van der Waals surface area contributed by atoms with Crippen LogP contribution < -0.4 is 11.3 Å². The number of hydrazine groups is 1. The minimum atomic E-state index is -2.40. The molecule has 0 spiro atoms. The van der Waals surface area contributed by atoms with Gasteiger partial charge in [0.15, 0.2) is 0 Å². The molecule has 0 saturated heterocycles. The van der Waals surface area contributed by atoms with Gasteiger partial charge < -0.3 is 4.57 Å². The zero-order chi connectivity index (χ0) is 12.4. The molecule has 1 aromatic carbocycles. The van der Waals surface area contributed by atoms with E-state index in [1.165, 1.54) is 4.57 Å². The quantitative estimate of drug-likeness (QED) is 0.484. The summed E-state index contributed by atoms with van der Waals surface area (Å²) in [6.07, 6.45) is -0.835. The Morgan fingerprint density at radius 3 is 2.82 bits per heavy atom. The number of carbonyl (C=O) groups excluding carboxylic acids is 1. The van der Waals surface area contributed by atoms with Crippen LogP contribution in [0, 0.1) is 0 Å². The number of amides is 1. The highest BCUT2D eigenvalue weighted by molar-refractivity contribution is 5.97. The Balaban J connectivity index is 2.41. The van der Waals surface area contributed by atoms with Crippen molar-refractivity contribution in [3.63, 3.8) is 0 Å². The van der Waals surface area contributed by atoms with Crippen molar-refractivity contribution in [1.29, 1.82) is 0 Å². The molecule has 1 amide bonds. The second-order valence-electron chi connectivity index (χ2n) is 3.61. The predicted molar refractivity (Wildman–Crippen MR) is 59.6 cm³/mol. The number of nitrogens with two attached hydrogens (primary N) is 1. The van der Waals surface area contributed by atoms with Gasteiger partial charge >= 0.3 is 0 Å². The molecule has 90 valence electrons. The van der Waals surface area contributed by atoms with Crippen molar-refractivity contribution in [3.05, 3.63) is 36.0 Å². The van der Waals surface area contributed by atoms with Gasteiger partial charge in [0, 0.05) is 22.7 Å². The molecule has 2 rings (SSSR count). The van der Waals surface area contributed by atoms with E-state index in [1.807, 2.05) is 5.43 Å². The monoisotopic (exact) mass is 239 g/mol. The van der Waals surface area contributed by atoms with Crippen molar-refractivity contribution in [2.45, 2.75) is 13.0 Å². The molecule has 0 aliphatic carbocycles. The van der Waals surface area contributed by atoms with Crippen LogP contribution in [0.3, 0.4) is 0 Å². The lowest BCUT2D eigenvalue weighted by Crippen LogP contribution is -2.29. The van der Waals surface area contributed by atoms with Crippen LogP contribution in [0.25, 0.3) is 10.9 Å². The van der Waals surface area contributed by atoms with Crippen LogP contribution >= 0.6 is 0 Å². The molecule has 0 saturated carbocycles. The fraction of sp³-hybridized carbons (Fsp3) is 0.182. The van der Waals surface area contributed by atoms with E-state index < -0.39 is 12.3 Å². The summed E-state index contributed by atoms with van der Waals surface area (Å²) in [6, 6.07) is 6.47. The zero-order valence-corrected chi connectivity index (χ0v) is 8.86. The first-order chi connectivity index (χ1) is 8.11. The molecule has 17 heavy (non-hydrogen) atoms. The van der Waals surface area contributed by atoms with E-state index in [-0.39, 0.29) is 6.54 Å². The second kappa shape index (κ2) is 4.50. The van der Waals surface area contributed by atoms with Crippen molar-refractivity contribution >= 4 is 16.8 Å². The number of benzene rings is 1. The number of halogens is 2. The SMILES string of the molecule is NNC(=O)c1ccc2c(ccn2CC(F)F)c1. The smallest absolute Gasteiger partial charge is 0.265 e. The lowest BCUT2D eigenvalue weighted by atomic mass is 10.1. The van der Waals surface area contributed by atoms with Gasteiger partial charge in [-0.25, -0.2) is 14.6 Å². The van der Waals surface area contributed by atoms with E-state index in [4.69, 9.17) is 5.84 Å². The Morgan fingerprint density at radius 2 is 2.18 bits per heavy atom. The van der Waals surface area contributed by atoms with Crippen molar-refractivity contribution in [2.24, 2.45) is 5.84 Å². The second-order valence-corrected chi connectivity index (χ2v) is 3.61. The van der Waals surface area contributed by atoms with E-state index >= 15 is 0 Å². The summed E-state index contributed by atoms with van der Waals surface area (Å²) < 4.78 is 26.0. The van der Waals surface area contributed by atoms with Gasteiger partial charge in [-0.2, -0.15) is 0 Å². The maximum absolute atomic E-state index is 12.3. The number of hydrogen-bond donors (Lipinski definition) is 2. The van der Waals surface area contributed by atoms with Gasteiger partial charge in [0.1, 0.15) is 0 Å². The molecular weight excluding hydrogens is 228 g/mol. The van der Waals surface area contributed by atoms with E-state index in [0.29, 0.717) is 11.1 Å². The number of nitrogens with zero attached hydrogens (tertiary/aromatic N) is 1. The first-order valence-electron chi connectivity index (χ1n) is 5.00.